The van der Waals surface area contributed by atoms with E-state index in [0.717, 1.165) is 6.42 Å². The van der Waals surface area contributed by atoms with Crippen molar-refractivity contribution in [1.82, 2.24) is 4.90 Å². The lowest BCUT2D eigenvalue weighted by molar-refractivity contribution is -0.132. The highest BCUT2D eigenvalue weighted by molar-refractivity contribution is 5.77. The lowest BCUT2D eigenvalue weighted by atomic mass is 10.2. The van der Waals surface area contributed by atoms with Crippen LogP contribution in [0.2, 0.25) is 0 Å². The SMILES string of the molecule is CCc1ccc(OCC(=O)N(C)CCC(C)O)cc1. The first-order valence-electron chi connectivity index (χ1n) is 6.66. The number of nitrogens with zero attached hydrogens (tertiary/aromatic N) is 1. The second kappa shape index (κ2) is 7.79. The van der Waals surface area contributed by atoms with E-state index in [9.17, 15) is 9.90 Å². The zero-order valence-electron chi connectivity index (χ0n) is 11.9. The summed E-state index contributed by atoms with van der Waals surface area (Å²) in [6.45, 7) is 4.37. The van der Waals surface area contributed by atoms with Crippen LogP contribution < -0.4 is 4.74 Å². The molecule has 106 valence electrons. The van der Waals surface area contributed by atoms with Gasteiger partial charge in [-0.05, 0) is 37.5 Å². The number of hydrogen-bond acceptors (Lipinski definition) is 3. The molecule has 1 rings (SSSR count). The number of hydrogen-bond donors (Lipinski definition) is 1. The van der Waals surface area contributed by atoms with Gasteiger partial charge >= 0.3 is 0 Å². The minimum atomic E-state index is -0.391. The summed E-state index contributed by atoms with van der Waals surface area (Å²) in [6.07, 6.45) is 1.17. The van der Waals surface area contributed by atoms with Gasteiger partial charge in [-0.15, -0.1) is 0 Å². The molecule has 0 saturated carbocycles. The number of carbonyl (C=O) groups excluding carboxylic acids is 1. The predicted molar refractivity (Wildman–Crippen MR) is 75.2 cm³/mol. The maximum atomic E-state index is 11.8. The Labute approximate surface area is 115 Å². The molecule has 4 nitrogen and oxygen atoms in total. The Morgan fingerprint density at radius 1 is 1.37 bits per heavy atom. The van der Waals surface area contributed by atoms with Gasteiger partial charge in [0.25, 0.3) is 5.91 Å². The third kappa shape index (κ3) is 5.75. The van der Waals surface area contributed by atoms with Crippen molar-refractivity contribution < 1.29 is 14.6 Å². The van der Waals surface area contributed by atoms with Crippen molar-refractivity contribution in [1.29, 1.82) is 0 Å². The zero-order valence-corrected chi connectivity index (χ0v) is 11.9. The molecule has 0 aromatic heterocycles. The third-order valence-corrected chi connectivity index (χ3v) is 3.00. The Hall–Kier alpha value is -1.55. The summed E-state index contributed by atoms with van der Waals surface area (Å²) in [6, 6.07) is 7.75. The fourth-order valence-corrected chi connectivity index (χ4v) is 1.58. The van der Waals surface area contributed by atoms with Crippen LogP contribution in [0.25, 0.3) is 0 Å². The quantitative estimate of drug-likeness (QED) is 0.818. The van der Waals surface area contributed by atoms with Crippen molar-refractivity contribution in [2.45, 2.75) is 32.8 Å². The minimum absolute atomic E-state index is 0.0295. The van der Waals surface area contributed by atoms with E-state index in [4.69, 9.17) is 4.74 Å². The van der Waals surface area contributed by atoms with Crippen LogP contribution in [0, 0.1) is 0 Å². The molecule has 0 spiro atoms. The van der Waals surface area contributed by atoms with E-state index in [1.165, 1.54) is 5.56 Å². The van der Waals surface area contributed by atoms with Crippen LogP contribution in [0.3, 0.4) is 0 Å². The first-order valence-corrected chi connectivity index (χ1v) is 6.66. The molecule has 1 unspecified atom stereocenters. The van der Waals surface area contributed by atoms with Gasteiger partial charge in [-0.1, -0.05) is 19.1 Å². The van der Waals surface area contributed by atoms with Gasteiger partial charge in [0.05, 0.1) is 6.10 Å². The number of ether oxygens (including phenoxy) is 1. The van der Waals surface area contributed by atoms with E-state index in [1.807, 2.05) is 24.3 Å². The second-order valence-corrected chi connectivity index (χ2v) is 4.74. The number of likely N-dealkylation sites (N-methyl/N-ethyl adjacent to an activating group) is 1. The highest BCUT2D eigenvalue weighted by atomic mass is 16.5. The van der Waals surface area contributed by atoms with Crippen molar-refractivity contribution in [2.24, 2.45) is 0 Å². The highest BCUT2D eigenvalue weighted by Crippen LogP contribution is 2.12. The summed E-state index contributed by atoms with van der Waals surface area (Å²) in [5, 5.41) is 9.17. The Balaban J connectivity index is 2.36. The Bertz CT molecular complexity index is 387. The van der Waals surface area contributed by atoms with Crippen molar-refractivity contribution in [3.8, 4) is 5.75 Å². The molecule has 0 radical (unpaired) electrons. The van der Waals surface area contributed by atoms with Crippen molar-refractivity contribution in [3.63, 3.8) is 0 Å². The van der Waals surface area contributed by atoms with Crippen molar-refractivity contribution >= 4 is 5.91 Å². The number of benzene rings is 1. The molecule has 0 bridgehead atoms. The fourth-order valence-electron chi connectivity index (χ4n) is 1.58. The van der Waals surface area contributed by atoms with Crippen LogP contribution in [0.4, 0.5) is 0 Å². The largest absolute Gasteiger partial charge is 0.484 e. The fraction of sp³-hybridized carbons (Fsp3) is 0.533. The topological polar surface area (TPSA) is 49.8 Å². The Morgan fingerprint density at radius 3 is 2.53 bits per heavy atom. The molecule has 1 aromatic rings. The smallest absolute Gasteiger partial charge is 0.260 e. The van der Waals surface area contributed by atoms with Gasteiger partial charge < -0.3 is 14.7 Å². The number of carbonyl (C=O) groups is 1. The first kappa shape index (κ1) is 15.5. The van der Waals surface area contributed by atoms with E-state index in [0.29, 0.717) is 18.7 Å². The molecule has 1 aromatic carbocycles. The first-order chi connectivity index (χ1) is 9.02. The van der Waals surface area contributed by atoms with E-state index in [2.05, 4.69) is 6.92 Å². The van der Waals surface area contributed by atoms with Crippen LogP contribution >= 0.6 is 0 Å². The molecule has 19 heavy (non-hydrogen) atoms. The van der Waals surface area contributed by atoms with E-state index in [-0.39, 0.29) is 12.5 Å². The summed E-state index contributed by atoms with van der Waals surface area (Å²) < 4.78 is 5.44. The second-order valence-electron chi connectivity index (χ2n) is 4.74. The van der Waals surface area contributed by atoms with Gasteiger partial charge in [-0.25, -0.2) is 0 Å². The Kier molecular flexibility index (Phi) is 6.36. The molecule has 0 aliphatic carbocycles. The van der Waals surface area contributed by atoms with Gasteiger partial charge in [0, 0.05) is 13.6 Å². The summed E-state index contributed by atoms with van der Waals surface area (Å²) in [4.78, 5) is 13.3. The third-order valence-electron chi connectivity index (χ3n) is 3.00. The molecule has 1 N–H and O–H groups in total. The molecular formula is C15H23NO3. The molecule has 0 heterocycles. The van der Waals surface area contributed by atoms with E-state index >= 15 is 0 Å². The summed E-state index contributed by atoms with van der Waals surface area (Å²) >= 11 is 0. The number of rotatable bonds is 7. The maximum absolute atomic E-state index is 11.8. The van der Waals surface area contributed by atoms with E-state index in [1.54, 1.807) is 18.9 Å². The van der Waals surface area contributed by atoms with Crippen LogP contribution in [-0.4, -0.2) is 42.2 Å². The predicted octanol–water partition coefficient (Wildman–Crippen LogP) is 1.86. The number of aliphatic hydroxyl groups is 1. The van der Waals surface area contributed by atoms with Gasteiger partial charge in [-0.2, -0.15) is 0 Å². The van der Waals surface area contributed by atoms with E-state index < -0.39 is 6.10 Å². The van der Waals surface area contributed by atoms with Gasteiger partial charge in [0.15, 0.2) is 6.61 Å². The van der Waals surface area contributed by atoms with Crippen LogP contribution in [0.5, 0.6) is 5.75 Å². The lowest BCUT2D eigenvalue weighted by Crippen LogP contribution is -2.33. The number of amides is 1. The van der Waals surface area contributed by atoms with Gasteiger partial charge in [-0.3, -0.25) is 4.79 Å². The number of aryl methyl sites for hydroxylation is 1. The summed E-state index contributed by atoms with van der Waals surface area (Å²) in [5.41, 5.74) is 1.24. The molecule has 1 atom stereocenters. The standard InChI is InChI=1S/C15H23NO3/c1-4-13-5-7-14(8-6-13)19-11-15(18)16(3)10-9-12(2)17/h5-8,12,17H,4,9-11H2,1-3H3. The average molecular weight is 265 g/mol. The molecule has 1 amide bonds. The van der Waals surface area contributed by atoms with Crippen molar-refractivity contribution in [2.75, 3.05) is 20.2 Å². The molecule has 0 aliphatic heterocycles. The van der Waals surface area contributed by atoms with Crippen molar-refractivity contribution in [3.05, 3.63) is 29.8 Å². The van der Waals surface area contributed by atoms with Gasteiger partial charge in [0.1, 0.15) is 5.75 Å². The molecular weight excluding hydrogens is 242 g/mol. The average Bonchev–Trinajstić information content (AvgIpc) is 2.42. The zero-order chi connectivity index (χ0) is 14.3. The van der Waals surface area contributed by atoms with Crippen LogP contribution in [0.15, 0.2) is 24.3 Å². The van der Waals surface area contributed by atoms with Crippen LogP contribution in [0.1, 0.15) is 25.8 Å². The monoisotopic (exact) mass is 265 g/mol. The van der Waals surface area contributed by atoms with Crippen LogP contribution in [-0.2, 0) is 11.2 Å². The molecule has 0 saturated heterocycles. The number of aliphatic hydroxyl groups excluding tert-OH is 1. The normalized spacial score (nSPS) is 12.0. The summed E-state index contributed by atoms with van der Waals surface area (Å²) in [5.74, 6) is 0.620. The molecule has 0 fully saturated rings. The highest BCUT2D eigenvalue weighted by Gasteiger charge is 2.10. The molecule has 4 heteroatoms. The minimum Gasteiger partial charge on any atom is -0.484 e. The maximum Gasteiger partial charge on any atom is 0.260 e. The lowest BCUT2D eigenvalue weighted by Gasteiger charge is -2.18. The summed E-state index contributed by atoms with van der Waals surface area (Å²) in [7, 11) is 1.72. The van der Waals surface area contributed by atoms with Gasteiger partial charge in [0.2, 0.25) is 0 Å². The molecule has 0 aliphatic rings. The Morgan fingerprint density at radius 2 is 2.00 bits per heavy atom.